The highest BCUT2D eigenvalue weighted by Crippen LogP contribution is 2.31. The Bertz CT molecular complexity index is 1160. The Labute approximate surface area is 180 Å². The van der Waals surface area contributed by atoms with E-state index >= 15 is 0 Å². The van der Waals surface area contributed by atoms with E-state index in [1.165, 1.54) is 28.6 Å². The summed E-state index contributed by atoms with van der Waals surface area (Å²) in [4.78, 5) is 21.4. The van der Waals surface area contributed by atoms with Crippen LogP contribution in [-0.2, 0) is 10.5 Å². The molecule has 1 atom stereocenters. The number of rotatable bonds is 7. The number of carbonyl (C=O) groups excluding carboxylic acids is 1. The predicted molar refractivity (Wildman–Crippen MR) is 111 cm³/mol. The number of nitrogens with one attached hydrogen (secondary N) is 1. The summed E-state index contributed by atoms with van der Waals surface area (Å²) in [7, 11) is 0. The summed E-state index contributed by atoms with van der Waals surface area (Å²) < 4.78 is 44.5. The molecule has 0 spiro atoms. The Morgan fingerprint density at radius 1 is 1.13 bits per heavy atom. The molecule has 0 bridgehead atoms. The molecule has 0 saturated heterocycles. The number of aromatic nitrogens is 4. The van der Waals surface area contributed by atoms with Gasteiger partial charge >= 0.3 is 0 Å². The maximum absolute atomic E-state index is 14.8. The van der Waals surface area contributed by atoms with E-state index in [0.717, 1.165) is 16.2 Å². The third kappa shape index (κ3) is 4.43. The highest BCUT2D eigenvalue weighted by atomic mass is 32.2. The third-order valence-electron chi connectivity index (χ3n) is 4.67. The molecule has 0 aliphatic carbocycles. The average molecular weight is 445 g/mol. The molecular weight excluding hydrogens is 427 g/mol. The van der Waals surface area contributed by atoms with Crippen LogP contribution in [0.5, 0.6) is 0 Å². The van der Waals surface area contributed by atoms with Crippen LogP contribution in [-0.4, -0.2) is 25.1 Å². The van der Waals surface area contributed by atoms with Crippen molar-refractivity contribution in [2.45, 2.75) is 30.3 Å². The van der Waals surface area contributed by atoms with Crippen molar-refractivity contribution in [2.24, 2.45) is 0 Å². The van der Waals surface area contributed by atoms with Gasteiger partial charge in [0, 0.05) is 24.2 Å². The summed E-state index contributed by atoms with van der Waals surface area (Å²) in [6.45, 7) is 1.70. The fraction of sp³-hybridized carbons (Fsp3) is 0.190. The standard InChI is InChI=1S/C21H18F3N5OS/c1-2-17(20(30)27-28-9-3-4-10-28)29-18(24)15(23)11-16-19(29)26-21(25-16)31-12-13-5-7-14(22)8-6-13/h3-11,17H,2,12H2,1H3,(H,27,30). The summed E-state index contributed by atoms with van der Waals surface area (Å²) in [5, 5.41) is 0.304. The van der Waals surface area contributed by atoms with Crippen LogP contribution in [0.25, 0.3) is 11.5 Å². The lowest BCUT2D eigenvalue weighted by atomic mass is 10.2. The second kappa shape index (κ2) is 8.84. The van der Waals surface area contributed by atoms with E-state index in [-0.39, 0.29) is 23.8 Å². The molecule has 1 aromatic heterocycles. The smallest absolute Gasteiger partial charge is 0.261 e. The van der Waals surface area contributed by atoms with Crippen molar-refractivity contribution >= 4 is 17.7 Å². The normalized spacial score (nSPS) is 12.3. The van der Waals surface area contributed by atoms with E-state index < -0.39 is 23.7 Å². The van der Waals surface area contributed by atoms with Gasteiger partial charge in [0.1, 0.15) is 17.6 Å². The van der Waals surface area contributed by atoms with E-state index in [2.05, 4.69) is 15.4 Å². The van der Waals surface area contributed by atoms with E-state index in [0.29, 0.717) is 10.9 Å². The second-order valence-corrected chi connectivity index (χ2v) is 7.72. The number of benzene rings is 1. The molecule has 0 saturated carbocycles. The van der Waals surface area contributed by atoms with Gasteiger partial charge in [-0.25, -0.2) is 18.7 Å². The van der Waals surface area contributed by atoms with Gasteiger partial charge in [0.25, 0.3) is 5.91 Å². The van der Waals surface area contributed by atoms with Gasteiger partial charge in [-0.2, -0.15) is 4.39 Å². The lowest BCUT2D eigenvalue weighted by molar-refractivity contribution is -0.120. The number of fused-ring (bicyclic) bond motifs is 1. The Hall–Kier alpha value is -3.27. The molecule has 1 aromatic carbocycles. The van der Waals surface area contributed by atoms with Crippen LogP contribution in [0.15, 0.2) is 60.0 Å². The van der Waals surface area contributed by atoms with Crippen LogP contribution < -0.4 is 5.43 Å². The fourth-order valence-corrected chi connectivity index (χ4v) is 3.96. The molecule has 1 unspecified atom stereocenters. The van der Waals surface area contributed by atoms with Crippen molar-refractivity contribution in [3.63, 3.8) is 0 Å². The minimum atomic E-state index is -1.18. The van der Waals surface area contributed by atoms with Crippen molar-refractivity contribution in [1.29, 1.82) is 0 Å². The maximum atomic E-state index is 14.8. The SMILES string of the molecule is CCC(C(=O)Nn1cccc1)n1c2nc(SCc3ccc(F)cc3)nc-2cc(F)c1F. The Kier molecular flexibility index (Phi) is 5.99. The summed E-state index contributed by atoms with van der Waals surface area (Å²) in [6, 6.07) is 9.37. The molecule has 160 valence electrons. The Morgan fingerprint density at radius 3 is 2.52 bits per heavy atom. The van der Waals surface area contributed by atoms with Gasteiger partial charge in [0.05, 0.1) is 0 Å². The number of hydrogen-bond acceptors (Lipinski definition) is 4. The van der Waals surface area contributed by atoms with Crippen molar-refractivity contribution in [3.05, 3.63) is 78.0 Å². The lowest BCUT2D eigenvalue weighted by Crippen LogP contribution is -2.33. The van der Waals surface area contributed by atoms with Gasteiger partial charge in [-0.1, -0.05) is 30.8 Å². The number of hydrogen-bond donors (Lipinski definition) is 1. The van der Waals surface area contributed by atoms with Crippen molar-refractivity contribution in [2.75, 3.05) is 5.43 Å². The van der Waals surface area contributed by atoms with Crippen molar-refractivity contribution in [3.8, 4) is 11.5 Å². The zero-order valence-electron chi connectivity index (χ0n) is 16.4. The van der Waals surface area contributed by atoms with Crippen LogP contribution >= 0.6 is 11.8 Å². The summed E-state index contributed by atoms with van der Waals surface area (Å²) in [5.74, 6) is -2.62. The van der Waals surface area contributed by atoms with E-state index in [1.807, 2.05) is 0 Å². The number of imidazole rings is 1. The first-order chi connectivity index (χ1) is 15.0. The molecule has 2 aliphatic rings. The van der Waals surface area contributed by atoms with Crippen LogP contribution in [0.1, 0.15) is 24.9 Å². The van der Waals surface area contributed by atoms with Crippen molar-refractivity contribution in [1.82, 2.24) is 19.2 Å². The molecule has 0 radical (unpaired) electrons. The molecule has 3 heterocycles. The van der Waals surface area contributed by atoms with Gasteiger partial charge in [-0.15, -0.1) is 0 Å². The van der Waals surface area contributed by atoms with Gasteiger partial charge in [-0.3, -0.25) is 19.5 Å². The largest absolute Gasteiger partial charge is 0.286 e. The molecule has 1 N–H and O–H groups in total. The van der Waals surface area contributed by atoms with Crippen LogP contribution in [0.4, 0.5) is 13.2 Å². The quantitative estimate of drug-likeness (QED) is 0.333. The maximum Gasteiger partial charge on any atom is 0.261 e. The highest BCUT2D eigenvalue weighted by Gasteiger charge is 2.29. The molecule has 2 aromatic rings. The molecular formula is C21H18F3N5OS. The van der Waals surface area contributed by atoms with E-state index in [1.54, 1.807) is 43.6 Å². The summed E-state index contributed by atoms with van der Waals surface area (Å²) >= 11 is 1.25. The number of pyridine rings is 1. The number of nitrogens with zero attached hydrogens (tertiary/aromatic N) is 4. The average Bonchev–Trinajstić information content (AvgIpc) is 3.40. The zero-order valence-corrected chi connectivity index (χ0v) is 17.2. The predicted octanol–water partition coefficient (Wildman–Crippen LogP) is 4.62. The first-order valence-corrected chi connectivity index (χ1v) is 10.5. The second-order valence-electron chi connectivity index (χ2n) is 6.77. The molecule has 31 heavy (non-hydrogen) atoms. The first-order valence-electron chi connectivity index (χ1n) is 9.51. The van der Waals surface area contributed by atoms with Crippen molar-refractivity contribution < 1.29 is 18.0 Å². The van der Waals surface area contributed by atoms with Gasteiger partial charge in [0.15, 0.2) is 16.8 Å². The first kappa shape index (κ1) is 21.0. The Balaban J connectivity index is 1.64. The van der Waals surface area contributed by atoms with Gasteiger partial charge in [-0.05, 0) is 36.2 Å². The third-order valence-corrected chi connectivity index (χ3v) is 5.59. The highest BCUT2D eigenvalue weighted by molar-refractivity contribution is 7.98. The van der Waals surface area contributed by atoms with Gasteiger partial charge < -0.3 is 0 Å². The molecule has 10 heteroatoms. The fourth-order valence-electron chi connectivity index (χ4n) is 3.16. The van der Waals surface area contributed by atoms with Crippen LogP contribution in [0.2, 0.25) is 0 Å². The van der Waals surface area contributed by atoms with Crippen LogP contribution in [0, 0.1) is 17.6 Å². The lowest BCUT2D eigenvalue weighted by Gasteiger charge is -2.22. The van der Waals surface area contributed by atoms with Crippen LogP contribution in [0.3, 0.4) is 0 Å². The summed E-state index contributed by atoms with van der Waals surface area (Å²) in [6.07, 6.45) is 3.46. The van der Waals surface area contributed by atoms with E-state index in [9.17, 15) is 18.0 Å². The minimum Gasteiger partial charge on any atom is -0.286 e. The Morgan fingerprint density at radius 2 is 1.84 bits per heavy atom. The van der Waals surface area contributed by atoms with Gasteiger partial charge in [0.2, 0.25) is 5.95 Å². The number of carbonyl (C=O) groups is 1. The zero-order chi connectivity index (χ0) is 22.0. The molecule has 0 fully saturated rings. The number of thioether (sulfide) groups is 1. The topological polar surface area (TPSA) is 64.7 Å². The molecule has 1 amide bonds. The number of amides is 1. The number of halogens is 3. The summed E-state index contributed by atoms with van der Waals surface area (Å²) in [5.41, 5.74) is 3.62. The molecule has 2 aliphatic heterocycles. The molecule has 4 rings (SSSR count). The monoisotopic (exact) mass is 445 g/mol. The molecule has 6 nitrogen and oxygen atoms in total. The van der Waals surface area contributed by atoms with E-state index in [4.69, 9.17) is 0 Å². The minimum absolute atomic E-state index is 0.0787.